The minimum atomic E-state index is -4.64. The molecule has 0 aliphatic carbocycles. The lowest BCUT2D eigenvalue weighted by atomic mass is 9.99. The second-order valence-electron chi connectivity index (χ2n) is 24.0. The molecule has 122 heavy (non-hydrogen) atoms. The van der Waals surface area contributed by atoms with Crippen LogP contribution >= 0.6 is 43.2 Å². The fraction of sp³-hybridized carbons (Fsp3) is 0.408. The normalized spacial score (nSPS) is 11.2. The highest BCUT2D eigenvalue weighted by atomic mass is 33.1. The van der Waals surface area contributed by atoms with E-state index in [1.807, 2.05) is 84.9 Å². The Morgan fingerprint density at radius 2 is 0.697 bits per heavy atom. The number of aromatic nitrogens is 2. The molecule has 6 aromatic rings. The van der Waals surface area contributed by atoms with Crippen LogP contribution in [0.2, 0.25) is 0 Å². The van der Waals surface area contributed by atoms with Crippen molar-refractivity contribution in [2.75, 3.05) is 173 Å². The summed E-state index contributed by atoms with van der Waals surface area (Å²) in [6, 6.07) is 30.0. The number of rotatable bonds is 48. The lowest BCUT2D eigenvalue weighted by Crippen LogP contribution is -2.37. The highest BCUT2D eigenvalue weighted by molar-refractivity contribution is 8.77. The molecule has 0 atom stereocenters. The van der Waals surface area contributed by atoms with Gasteiger partial charge in [0.2, 0.25) is 18.1 Å². The number of aliphatic imine (C=N–C) groups is 8. The summed E-state index contributed by atoms with van der Waals surface area (Å²) in [7, 11) is 20.1. The van der Waals surface area contributed by atoms with Crippen LogP contribution in [-0.4, -0.2) is 255 Å². The van der Waals surface area contributed by atoms with Gasteiger partial charge in [-0.1, -0.05) is 70.1 Å². The molecule has 2 amide bonds. The van der Waals surface area contributed by atoms with Crippen molar-refractivity contribution >= 4 is 109 Å². The first-order valence-corrected chi connectivity index (χ1v) is 42.4. The summed E-state index contributed by atoms with van der Waals surface area (Å²) in [6.45, 7) is 4.27. The van der Waals surface area contributed by atoms with Gasteiger partial charge in [0, 0.05) is 140 Å². The molecular weight excluding hydrogens is 1670 g/mol. The molecule has 0 saturated carbocycles. The van der Waals surface area contributed by atoms with Crippen molar-refractivity contribution in [2.45, 2.75) is 42.2 Å². The Morgan fingerprint density at radius 3 is 1.02 bits per heavy atom. The predicted octanol–water partition coefficient (Wildman–Crippen LogP) is 2.44. The van der Waals surface area contributed by atoms with E-state index in [4.69, 9.17) is 88.6 Å². The van der Waals surface area contributed by atoms with E-state index in [2.05, 4.69) is 103 Å². The molecule has 0 bridgehead atoms. The molecule has 0 aliphatic heterocycles. The standard InChI is InChI=1S/C41H64N14O5S2.C33H48N14O5S2.C2HF3O/c1-42-38(43-2)51-19-23-57-32-13-11-12-30(36(32)59-25-21-53-40(46-5)47-6)31-16-15-29(28-55-33(56)17-27-61-62-34-14-9-10-18-50-34)35(58-24-20-52-39(44-3)45-4)37(31)60-26-22-54-41(48-7)49-8;34-30(35)43-11-15-49-24-5-3-4-22(28(24)51-17-13-45-32(38)39)23-8-7-21(20-47-25(48)9-19-53-54-26-6-1-2-10-42-26)27(50-16-12-44-31(36)37)29(23)52-18-14-46-33(40)41;3-2(4,5)1-6/h9-16,18H,17,19-28H2,1-8H3,(H,55,56)(H2,42,43,51)(H2,44,45,52)(H2,46,47,53)(H2,48,49,54);1-8,10H,9,11-20H2,(H,47,48)(H4,34,35,43)(H4,36,37,44)(H4,38,39,45)(H4,40,41,46);1H. The summed E-state index contributed by atoms with van der Waals surface area (Å²) in [4.78, 5) is 76.3. The van der Waals surface area contributed by atoms with Gasteiger partial charge in [0.25, 0.3) is 0 Å². The molecule has 0 aliphatic rings. The van der Waals surface area contributed by atoms with Gasteiger partial charge in [0.05, 0.1) is 52.4 Å². The quantitative estimate of drug-likeness (QED) is 0.00857. The summed E-state index contributed by atoms with van der Waals surface area (Å²) < 4.78 is 82.3. The number of para-hydroxylation sites is 2. The third-order valence-electron chi connectivity index (χ3n) is 15.4. The first-order valence-electron chi connectivity index (χ1n) is 37.8. The number of benzene rings is 4. The van der Waals surface area contributed by atoms with Crippen molar-refractivity contribution in [2.24, 2.45) is 85.8 Å². The Bertz CT molecular complexity index is 4360. The lowest BCUT2D eigenvalue weighted by Gasteiger charge is -2.23. The van der Waals surface area contributed by atoms with Gasteiger partial charge in [-0.15, -0.1) is 0 Å². The highest BCUT2D eigenvalue weighted by Gasteiger charge is 2.27. The summed E-state index contributed by atoms with van der Waals surface area (Å²) in [5, 5.41) is 32.8. The van der Waals surface area contributed by atoms with E-state index in [1.165, 1.54) is 21.6 Å². The third-order valence-corrected chi connectivity index (χ3v) is 19.9. The minimum Gasteiger partial charge on any atom is -0.488 e. The zero-order valence-electron chi connectivity index (χ0n) is 69.4. The first kappa shape index (κ1) is 102. The van der Waals surface area contributed by atoms with Crippen LogP contribution in [0.5, 0.6) is 46.0 Å². The van der Waals surface area contributed by atoms with Crippen molar-refractivity contribution < 1.29 is 65.4 Å². The average Bonchev–Trinajstić information content (AvgIpc) is 0.784. The third kappa shape index (κ3) is 41.0. The molecule has 0 unspecified atom stereocenters. The zero-order chi connectivity index (χ0) is 89.1. The van der Waals surface area contributed by atoms with Gasteiger partial charge in [-0.25, -0.2) is 9.97 Å². The molecule has 0 radical (unpaired) electrons. The average molecular weight is 1780 g/mol. The van der Waals surface area contributed by atoms with Crippen molar-refractivity contribution in [1.29, 1.82) is 0 Å². The predicted molar refractivity (Wildman–Crippen MR) is 482 cm³/mol. The van der Waals surface area contributed by atoms with Gasteiger partial charge >= 0.3 is 6.18 Å². The maximum Gasteiger partial charge on any atom is 0.446 e. The summed E-state index contributed by atoms with van der Waals surface area (Å²) >= 11 is 0. The number of guanidine groups is 8. The number of halogens is 3. The summed E-state index contributed by atoms with van der Waals surface area (Å²) in [6.07, 6.45) is -1.62. The van der Waals surface area contributed by atoms with Gasteiger partial charge in [0.1, 0.15) is 62.9 Å². The molecule has 6 rings (SSSR count). The van der Waals surface area contributed by atoms with Gasteiger partial charge in [-0.3, -0.25) is 54.3 Å². The SMILES string of the molecule is CN=C(NC)NCCOc1cccc(-c2ccc(CNC(=O)CCSSc3ccccn3)c(OCCNC(=NC)NC)c2OCCNC(=NC)NC)c1OCCNC(=NC)NC.NC(N)=NCCOc1cccc(-c2ccc(CNC(=O)CCSSc3ccccn3)c(OCCN=C(N)N)c2OCCN=C(N)N)c1OCCN=C(N)N.O=CC(F)(F)F. The number of ether oxygens (including phenoxy) is 8. The lowest BCUT2D eigenvalue weighted by molar-refractivity contribution is -0.156. The van der Waals surface area contributed by atoms with E-state index in [1.54, 1.807) is 102 Å². The molecule has 668 valence electrons. The molecule has 39 nitrogen and oxygen atoms in total. The maximum absolute atomic E-state index is 13.2. The van der Waals surface area contributed by atoms with Crippen molar-refractivity contribution in [1.82, 2.24) is 63.1 Å². The van der Waals surface area contributed by atoms with E-state index in [0.717, 1.165) is 15.6 Å². The Hall–Kier alpha value is -12.5. The smallest absolute Gasteiger partial charge is 0.446 e. The molecule has 0 spiro atoms. The van der Waals surface area contributed by atoms with Crippen LogP contribution in [0.4, 0.5) is 13.2 Å². The largest absolute Gasteiger partial charge is 0.488 e. The topological polar surface area (TPSA) is 578 Å². The highest BCUT2D eigenvalue weighted by Crippen LogP contribution is 2.49. The van der Waals surface area contributed by atoms with Crippen molar-refractivity contribution in [3.05, 3.63) is 121 Å². The van der Waals surface area contributed by atoms with Crippen LogP contribution in [0.25, 0.3) is 22.3 Å². The van der Waals surface area contributed by atoms with Crippen LogP contribution in [0.3, 0.4) is 0 Å². The molecule has 0 fully saturated rings. The Labute approximate surface area is 723 Å². The van der Waals surface area contributed by atoms with Crippen molar-refractivity contribution in [3.63, 3.8) is 0 Å². The van der Waals surface area contributed by atoms with E-state index in [-0.39, 0.29) is 128 Å². The van der Waals surface area contributed by atoms with Crippen LogP contribution in [0, 0.1) is 0 Å². The summed E-state index contributed by atoms with van der Waals surface area (Å²) in [5.41, 5.74) is 48.1. The van der Waals surface area contributed by atoms with Crippen molar-refractivity contribution in [3.8, 4) is 68.2 Å². The molecule has 26 N–H and O–H groups in total. The van der Waals surface area contributed by atoms with Crippen LogP contribution in [0.15, 0.2) is 159 Å². The van der Waals surface area contributed by atoms with E-state index in [0.29, 0.717) is 148 Å². The number of pyridine rings is 2. The fourth-order valence-corrected chi connectivity index (χ4v) is 13.8. The van der Waals surface area contributed by atoms with Crippen LogP contribution in [0.1, 0.15) is 24.0 Å². The number of nitrogens with two attached hydrogens (primary N) is 8. The van der Waals surface area contributed by atoms with E-state index in [9.17, 15) is 22.8 Å². The Balaban J connectivity index is 0.000000483. The number of carbonyl (C=O) groups is 3. The number of aldehydes is 1. The number of hydrogen-bond acceptors (Lipinski definition) is 25. The molecule has 46 heteroatoms. The van der Waals surface area contributed by atoms with E-state index >= 15 is 0 Å². The molecule has 2 heterocycles. The Kier molecular flexibility index (Phi) is 50.2. The number of carbonyl (C=O) groups excluding carboxylic acids is 3. The Morgan fingerprint density at radius 1 is 0.393 bits per heavy atom. The second kappa shape index (κ2) is 60.1. The zero-order valence-corrected chi connectivity index (χ0v) is 72.6. The van der Waals surface area contributed by atoms with Crippen LogP contribution < -0.4 is 137 Å². The molecule has 0 saturated heterocycles. The molecule has 2 aromatic heterocycles. The second-order valence-corrected chi connectivity index (χ2v) is 28.9. The maximum atomic E-state index is 13.2. The number of alkyl halides is 3. The summed E-state index contributed by atoms with van der Waals surface area (Å²) in [5.74, 6) is 6.50. The molecule has 4 aromatic carbocycles. The molecular formula is C76H113F3N28O11S4. The van der Waals surface area contributed by atoms with E-state index < -0.39 is 12.5 Å². The van der Waals surface area contributed by atoms with Crippen LogP contribution in [-0.2, 0) is 27.5 Å². The number of nitrogens with one attached hydrogen (secondary N) is 10. The van der Waals surface area contributed by atoms with Gasteiger partial charge in [-0.2, -0.15) is 13.2 Å². The van der Waals surface area contributed by atoms with Gasteiger partial charge in [-0.05, 0) is 70.1 Å². The first-order chi connectivity index (χ1) is 59.0. The van der Waals surface area contributed by atoms with Gasteiger partial charge in [0.15, 0.2) is 93.7 Å². The van der Waals surface area contributed by atoms with Gasteiger partial charge < -0.3 is 137 Å². The monoisotopic (exact) mass is 1780 g/mol. The number of amides is 2. The number of hydrogen-bond donors (Lipinski definition) is 18. The fourth-order valence-electron chi connectivity index (χ4n) is 10.0. The minimum absolute atomic E-state index is 0.0610. The number of nitrogens with zero attached hydrogens (tertiary/aromatic N) is 10.